The molecular formula is C14H22N4O. The third-order valence-corrected chi connectivity index (χ3v) is 3.57. The van der Waals surface area contributed by atoms with Crippen LogP contribution >= 0.6 is 0 Å². The average Bonchev–Trinajstić information content (AvgIpc) is 2.39. The summed E-state index contributed by atoms with van der Waals surface area (Å²) in [5, 5.41) is 3.27. The number of amides is 1. The highest BCUT2D eigenvalue weighted by atomic mass is 16.1. The van der Waals surface area contributed by atoms with E-state index in [1.54, 1.807) is 12.3 Å². The maximum atomic E-state index is 11.3. The van der Waals surface area contributed by atoms with Crippen LogP contribution in [0, 0.1) is 5.92 Å². The van der Waals surface area contributed by atoms with Crippen LogP contribution in [-0.4, -0.2) is 42.0 Å². The van der Waals surface area contributed by atoms with E-state index < -0.39 is 5.91 Å². The molecule has 104 valence electrons. The molecule has 0 bridgehead atoms. The number of pyridine rings is 1. The lowest BCUT2D eigenvalue weighted by atomic mass is 10.0. The van der Waals surface area contributed by atoms with Gasteiger partial charge >= 0.3 is 0 Å². The van der Waals surface area contributed by atoms with Gasteiger partial charge in [-0.25, -0.2) is 0 Å². The van der Waals surface area contributed by atoms with Gasteiger partial charge in [-0.2, -0.15) is 0 Å². The van der Waals surface area contributed by atoms with Crippen molar-refractivity contribution >= 4 is 11.6 Å². The second-order valence-corrected chi connectivity index (χ2v) is 5.26. The van der Waals surface area contributed by atoms with Crippen LogP contribution in [0.3, 0.4) is 0 Å². The number of carbonyl (C=O) groups excluding carboxylic acids is 1. The fourth-order valence-corrected chi connectivity index (χ4v) is 2.58. The zero-order chi connectivity index (χ0) is 13.7. The largest absolute Gasteiger partial charge is 0.383 e. The Hall–Kier alpha value is -1.62. The van der Waals surface area contributed by atoms with Gasteiger partial charge in [0.1, 0.15) is 0 Å². The van der Waals surface area contributed by atoms with Gasteiger partial charge in [-0.05, 0) is 31.4 Å². The van der Waals surface area contributed by atoms with Crippen molar-refractivity contribution in [2.45, 2.75) is 19.8 Å². The van der Waals surface area contributed by atoms with Crippen LogP contribution in [-0.2, 0) is 0 Å². The summed E-state index contributed by atoms with van der Waals surface area (Å²) in [7, 11) is 0. The molecule has 1 fully saturated rings. The Morgan fingerprint density at radius 1 is 1.63 bits per heavy atom. The van der Waals surface area contributed by atoms with E-state index in [0.717, 1.165) is 24.7 Å². The quantitative estimate of drug-likeness (QED) is 0.839. The molecule has 1 saturated heterocycles. The third kappa shape index (κ3) is 3.92. The monoisotopic (exact) mass is 262 g/mol. The van der Waals surface area contributed by atoms with Crippen molar-refractivity contribution in [3.63, 3.8) is 0 Å². The van der Waals surface area contributed by atoms with E-state index in [0.29, 0.717) is 5.56 Å². The number of hydrogen-bond acceptors (Lipinski definition) is 4. The van der Waals surface area contributed by atoms with E-state index in [1.807, 2.05) is 0 Å². The van der Waals surface area contributed by atoms with E-state index in [4.69, 9.17) is 5.73 Å². The summed E-state index contributed by atoms with van der Waals surface area (Å²) in [4.78, 5) is 17.6. The Balaban J connectivity index is 1.84. The molecule has 19 heavy (non-hydrogen) atoms. The third-order valence-electron chi connectivity index (χ3n) is 3.57. The first-order valence-electron chi connectivity index (χ1n) is 6.87. The van der Waals surface area contributed by atoms with E-state index >= 15 is 0 Å². The summed E-state index contributed by atoms with van der Waals surface area (Å²) in [5.74, 6) is 0.345. The van der Waals surface area contributed by atoms with Crippen molar-refractivity contribution in [2.75, 3.05) is 31.5 Å². The molecule has 0 saturated carbocycles. The lowest BCUT2D eigenvalue weighted by molar-refractivity contribution is 0.100. The zero-order valence-corrected chi connectivity index (χ0v) is 11.4. The molecule has 2 heterocycles. The number of nitrogens with one attached hydrogen (secondary N) is 1. The zero-order valence-electron chi connectivity index (χ0n) is 11.4. The van der Waals surface area contributed by atoms with Gasteiger partial charge in [0.2, 0.25) is 0 Å². The average molecular weight is 262 g/mol. The molecule has 0 aliphatic carbocycles. The summed E-state index contributed by atoms with van der Waals surface area (Å²) in [6.45, 7) is 6.45. The number of primary amides is 1. The number of aromatic nitrogens is 1. The molecule has 5 nitrogen and oxygen atoms in total. The minimum Gasteiger partial charge on any atom is -0.383 e. The first kappa shape index (κ1) is 13.8. The second kappa shape index (κ2) is 6.52. The van der Waals surface area contributed by atoms with Crippen molar-refractivity contribution in [2.24, 2.45) is 11.7 Å². The minimum atomic E-state index is -0.442. The van der Waals surface area contributed by atoms with Crippen LogP contribution < -0.4 is 11.1 Å². The maximum Gasteiger partial charge on any atom is 0.252 e. The lowest BCUT2D eigenvalue weighted by Gasteiger charge is -2.30. The first-order valence-corrected chi connectivity index (χ1v) is 6.87. The predicted molar refractivity (Wildman–Crippen MR) is 76.1 cm³/mol. The molecule has 0 radical (unpaired) electrons. The highest BCUT2D eigenvalue weighted by Gasteiger charge is 2.15. The van der Waals surface area contributed by atoms with Gasteiger partial charge < -0.3 is 16.0 Å². The molecule has 1 aromatic heterocycles. The molecule has 1 aliphatic rings. The fourth-order valence-electron chi connectivity index (χ4n) is 2.58. The summed E-state index contributed by atoms with van der Waals surface area (Å²) >= 11 is 0. The van der Waals surface area contributed by atoms with E-state index in [2.05, 4.69) is 22.1 Å². The van der Waals surface area contributed by atoms with E-state index in [-0.39, 0.29) is 0 Å². The van der Waals surface area contributed by atoms with Crippen molar-refractivity contribution in [1.82, 2.24) is 9.88 Å². The molecule has 0 aromatic carbocycles. The van der Waals surface area contributed by atoms with Gasteiger partial charge in [0.05, 0.1) is 11.3 Å². The molecule has 1 aliphatic heterocycles. The highest BCUT2D eigenvalue weighted by Crippen LogP contribution is 2.16. The Morgan fingerprint density at radius 2 is 2.47 bits per heavy atom. The summed E-state index contributed by atoms with van der Waals surface area (Å²) in [6.07, 6.45) is 5.79. The highest BCUT2D eigenvalue weighted by molar-refractivity contribution is 5.98. The molecule has 1 atom stereocenters. The van der Waals surface area contributed by atoms with E-state index in [9.17, 15) is 4.79 Å². The molecule has 2 rings (SSSR count). The second-order valence-electron chi connectivity index (χ2n) is 5.26. The van der Waals surface area contributed by atoms with Crippen LogP contribution in [0.15, 0.2) is 18.5 Å². The molecule has 5 heteroatoms. The smallest absolute Gasteiger partial charge is 0.252 e. The Morgan fingerprint density at radius 3 is 3.21 bits per heavy atom. The van der Waals surface area contributed by atoms with E-state index in [1.165, 1.54) is 32.1 Å². The topological polar surface area (TPSA) is 71.2 Å². The number of anilines is 1. The molecular weight excluding hydrogens is 240 g/mol. The SMILES string of the molecule is CC1CCCN(CCNc2ccncc2C(N)=O)C1. The Labute approximate surface area is 114 Å². The standard InChI is InChI=1S/C14H22N4O/c1-11-3-2-7-18(10-11)8-6-17-13-4-5-16-9-12(13)14(15)19/h4-5,9,11H,2-3,6-8,10H2,1H3,(H2,15,19)(H,16,17). The fraction of sp³-hybridized carbons (Fsp3) is 0.571. The van der Waals surface area contributed by atoms with Crippen molar-refractivity contribution in [3.05, 3.63) is 24.0 Å². The van der Waals surface area contributed by atoms with Crippen LogP contribution in [0.25, 0.3) is 0 Å². The normalized spacial score (nSPS) is 20.2. The number of nitrogens with two attached hydrogens (primary N) is 1. The molecule has 1 amide bonds. The van der Waals surface area contributed by atoms with Gasteiger partial charge in [-0.15, -0.1) is 0 Å². The van der Waals surface area contributed by atoms with Crippen LogP contribution in [0.1, 0.15) is 30.1 Å². The van der Waals surface area contributed by atoms with Gasteiger partial charge in [0, 0.05) is 32.0 Å². The van der Waals surface area contributed by atoms with Gasteiger partial charge in [0.15, 0.2) is 0 Å². The Bertz CT molecular complexity index is 435. The van der Waals surface area contributed by atoms with Crippen LogP contribution in [0.2, 0.25) is 0 Å². The van der Waals surface area contributed by atoms with Crippen molar-refractivity contribution < 1.29 is 4.79 Å². The van der Waals surface area contributed by atoms with Gasteiger partial charge in [0.25, 0.3) is 5.91 Å². The number of hydrogen-bond donors (Lipinski definition) is 2. The molecule has 1 aromatic rings. The summed E-state index contributed by atoms with van der Waals surface area (Å²) in [6, 6.07) is 1.79. The minimum absolute atomic E-state index is 0.442. The Kier molecular flexibility index (Phi) is 4.74. The number of piperidine rings is 1. The van der Waals surface area contributed by atoms with Crippen molar-refractivity contribution in [3.8, 4) is 0 Å². The summed E-state index contributed by atoms with van der Waals surface area (Å²) < 4.78 is 0. The molecule has 3 N–H and O–H groups in total. The predicted octanol–water partition coefficient (Wildman–Crippen LogP) is 1.32. The summed E-state index contributed by atoms with van der Waals surface area (Å²) in [5.41, 5.74) is 6.54. The number of carbonyl (C=O) groups is 1. The number of nitrogens with zero attached hydrogens (tertiary/aromatic N) is 2. The van der Waals surface area contributed by atoms with Gasteiger partial charge in [-0.1, -0.05) is 6.92 Å². The number of rotatable bonds is 5. The lowest BCUT2D eigenvalue weighted by Crippen LogP contribution is -2.37. The number of likely N-dealkylation sites (tertiary alicyclic amines) is 1. The van der Waals surface area contributed by atoms with Crippen molar-refractivity contribution in [1.29, 1.82) is 0 Å². The first-order chi connectivity index (χ1) is 9.16. The molecule has 0 spiro atoms. The molecule has 1 unspecified atom stereocenters. The van der Waals surface area contributed by atoms with Gasteiger partial charge in [-0.3, -0.25) is 9.78 Å². The maximum absolute atomic E-state index is 11.3. The van der Waals surface area contributed by atoms with Crippen LogP contribution in [0.4, 0.5) is 5.69 Å². The van der Waals surface area contributed by atoms with Crippen LogP contribution in [0.5, 0.6) is 0 Å².